The van der Waals surface area contributed by atoms with Crippen LogP contribution in [0.5, 0.6) is 11.5 Å². The van der Waals surface area contributed by atoms with E-state index in [1.54, 1.807) is 48.5 Å². The van der Waals surface area contributed by atoms with Crippen LogP contribution in [0, 0.1) is 6.92 Å². The van der Waals surface area contributed by atoms with Gasteiger partial charge in [-0.15, -0.1) is 0 Å². The Labute approximate surface area is 230 Å². The minimum absolute atomic E-state index is 0.0276. The Kier molecular flexibility index (Phi) is 7.43. The monoisotopic (exact) mass is 543 g/mol. The third-order valence-corrected chi connectivity index (χ3v) is 6.80. The summed E-state index contributed by atoms with van der Waals surface area (Å²) >= 11 is 6.38. The number of aliphatic hydroxyl groups excluding tert-OH is 1. The van der Waals surface area contributed by atoms with Crippen molar-refractivity contribution in [2.75, 3.05) is 7.11 Å². The van der Waals surface area contributed by atoms with Crippen LogP contribution in [0.4, 0.5) is 0 Å². The van der Waals surface area contributed by atoms with Crippen LogP contribution < -0.4 is 9.47 Å². The van der Waals surface area contributed by atoms with Gasteiger partial charge in [0.1, 0.15) is 29.6 Å². The number of amides is 1. The van der Waals surface area contributed by atoms with E-state index in [1.165, 1.54) is 18.3 Å². The molecule has 0 radical (unpaired) electrons. The number of carbonyl (C=O) groups is 2. The molecular formula is C31H26ClNO6. The van der Waals surface area contributed by atoms with E-state index in [1.807, 2.05) is 37.3 Å². The number of carbonyl (C=O) groups excluding carboxylic acids is 2. The molecule has 7 nitrogen and oxygen atoms in total. The van der Waals surface area contributed by atoms with E-state index in [-0.39, 0.29) is 34.2 Å². The lowest BCUT2D eigenvalue weighted by molar-refractivity contribution is -0.140. The Balaban J connectivity index is 1.61. The fourth-order valence-electron chi connectivity index (χ4n) is 4.73. The molecule has 1 amide bonds. The van der Waals surface area contributed by atoms with E-state index in [4.69, 9.17) is 25.5 Å². The molecule has 1 atom stereocenters. The lowest BCUT2D eigenvalue weighted by atomic mass is 9.94. The van der Waals surface area contributed by atoms with Crippen LogP contribution in [0.3, 0.4) is 0 Å². The zero-order chi connectivity index (χ0) is 27.5. The van der Waals surface area contributed by atoms with Crippen molar-refractivity contribution in [1.29, 1.82) is 0 Å². The molecule has 1 aliphatic rings. The highest BCUT2D eigenvalue weighted by Crippen LogP contribution is 2.43. The first-order valence-corrected chi connectivity index (χ1v) is 12.7. The number of nitrogens with zero attached hydrogens (tertiary/aromatic N) is 1. The Hall–Kier alpha value is -4.49. The van der Waals surface area contributed by atoms with Crippen LogP contribution in [-0.2, 0) is 22.7 Å². The number of hydrogen-bond donors (Lipinski definition) is 1. The Morgan fingerprint density at radius 1 is 1.03 bits per heavy atom. The maximum atomic E-state index is 13.5. The van der Waals surface area contributed by atoms with Crippen molar-refractivity contribution in [1.82, 2.24) is 4.90 Å². The maximum Gasteiger partial charge on any atom is 0.296 e. The van der Waals surface area contributed by atoms with Crippen LogP contribution in [0.2, 0.25) is 5.02 Å². The number of methoxy groups -OCH3 is 1. The molecule has 2 heterocycles. The number of likely N-dealkylation sites (tertiary alicyclic amines) is 1. The fourth-order valence-corrected chi connectivity index (χ4v) is 5.08. The number of Topliss-reactive ketones (excluding diaryl/α,β-unsaturated/α-hetero) is 1. The molecule has 1 aromatic heterocycles. The standard InChI is InChI=1S/C31H26ClNO6/c1-19-14-24(30(37-2)25(32)15-19)28(34)26-27(33(31(36)29(26)35)17-23-12-7-13-38-23)21-10-6-11-22(16-21)39-18-20-8-4-3-5-9-20/h3-16,27,34H,17-18H2,1-2H3/b28-26+. The predicted molar refractivity (Wildman–Crippen MR) is 147 cm³/mol. The van der Waals surface area contributed by atoms with Crippen molar-refractivity contribution >= 4 is 29.1 Å². The third-order valence-electron chi connectivity index (χ3n) is 6.52. The molecule has 0 aliphatic carbocycles. The number of benzene rings is 3. The molecule has 0 bridgehead atoms. The zero-order valence-corrected chi connectivity index (χ0v) is 22.1. The van der Waals surface area contributed by atoms with Crippen LogP contribution in [0.1, 0.15) is 34.1 Å². The van der Waals surface area contributed by atoms with E-state index in [9.17, 15) is 14.7 Å². The van der Waals surface area contributed by atoms with Crippen LogP contribution in [0.15, 0.2) is 95.1 Å². The first-order chi connectivity index (χ1) is 18.9. The van der Waals surface area contributed by atoms with Gasteiger partial charge in [-0.2, -0.15) is 0 Å². The number of ketones is 1. The summed E-state index contributed by atoms with van der Waals surface area (Å²) in [6.45, 7) is 2.18. The van der Waals surface area contributed by atoms with Gasteiger partial charge in [-0.3, -0.25) is 9.59 Å². The van der Waals surface area contributed by atoms with Gasteiger partial charge >= 0.3 is 0 Å². The number of hydrogen-bond acceptors (Lipinski definition) is 6. The quantitative estimate of drug-likeness (QED) is 0.156. The molecule has 5 rings (SSSR count). The predicted octanol–water partition coefficient (Wildman–Crippen LogP) is 6.45. The molecule has 4 aromatic rings. The lowest BCUT2D eigenvalue weighted by Gasteiger charge is -2.25. The van der Waals surface area contributed by atoms with Crippen LogP contribution in [-0.4, -0.2) is 28.8 Å². The van der Waals surface area contributed by atoms with Crippen LogP contribution in [0.25, 0.3) is 5.76 Å². The van der Waals surface area contributed by atoms with E-state index in [0.29, 0.717) is 23.7 Å². The number of aliphatic hydroxyl groups is 1. The number of aryl methyl sites for hydroxylation is 1. The summed E-state index contributed by atoms with van der Waals surface area (Å²) in [6.07, 6.45) is 1.50. The fraction of sp³-hybridized carbons (Fsp3) is 0.161. The highest BCUT2D eigenvalue weighted by Gasteiger charge is 2.46. The van der Waals surface area contributed by atoms with Gasteiger partial charge in [-0.1, -0.05) is 54.1 Å². The molecule has 1 unspecified atom stereocenters. The molecule has 1 fully saturated rings. The highest BCUT2D eigenvalue weighted by molar-refractivity contribution is 6.46. The second-order valence-corrected chi connectivity index (χ2v) is 9.59. The normalized spacial score (nSPS) is 16.5. The summed E-state index contributed by atoms with van der Waals surface area (Å²) in [4.78, 5) is 28.2. The molecule has 0 saturated carbocycles. The highest BCUT2D eigenvalue weighted by atomic mass is 35.5. The van der Waals surface area contributed by atoms with Gasteiger partial charge < -0.3 is 23.9 Å². The molecule has 1 aliphatic heterocycles. The third kappa shape index (κ3) is 5.26. The smallest absolute Gasteiger partial charge is 0.296 e. The zero-order valence-electron chi connectivity index (χ0n) is 21.4. The molecule has 8 heteroatoms. The van der Waals surface area contributed by atoms with Gasteiger partial charge in [0, 0.05) is 0 Å². The minimum Gasteiger partial charge on any atom is -0.507 e. The summed E-state index contributed by atoms with van der Waals surface area (Å²) in [5, 5.41) is 11.8. The second-order valence-electron chi connectivity index (χ2n) is 9.18. The van der Waals surface area contributed by atoms with Gasteiger partial charge in [-0.25, -0.2) is 0 Å². The van der Waals surface area contributed by atoms with Gasteiger partial charge in [0.25, 0.3) is 11.7 Å². The van der Waals surface area contributed by atoms with E-state index < -0.39 is 17.7 Å². The maximum absolute atomic E-state index is 13.5. The number of furan rings is 1. The molecule has 1 saturated heterocycles. The van der Waals surface area contributed by atoms with E-state index >= 15 is 0 Å². The largest absolute Gasteiger partial charge is 0.507 e. The minimum atomic E-state index is -0.917. The summed E-state index contributed by atoms with van der Waals surface area (Å²) in [7, 11) is 1.42. The SMILES string of the molecule is COc1c(Cl)cc(C)cc1/C(O)=C1\C(=O)C(=O)N(Cc2ccco2)C1c1cccc(OCc2ccccc2)c1. The van der Waals surface area contributed by atoms with Gasteiger partial charge in [0.2, 0.25) is 0 Å². The van der Waals surface area contributed by atoms with Crippen molar-refractivity contribution in [3.63, 3.8) is 0 Å². The molecule has 198 valence electrons. The van der Waals surface area contributed by atoms with E-state index in [2.05, 4.69) is 0 Å². The number of ether oxygens (including phenoxy) is 2. The summed E-state index contributed by atoms with van der Waals surface area (Å²) < 4.78 is 16.9. The van der Waals surface area contributed by atoms with E-state index in [0.717, 1.165) is 11.1 Å². The summed E-state index contributed by atoms with van der Waals surface area (Å²) in [5.41, 5.74) is 2.48. The summed E-state index contributed by atoms with van der Waals surface area (Å²) in [5.74, 6) is -0.703. The average molecular weight is 544 g/mol. The molecular weight excluding hydrogens is 518 g/mol. The first-order valence-electron chi connectivity index (χ1n) is 12.3. The van der Waals surface area contributed by atoms with Gasteiger partial charge in [0.15, 0.2) is 0 Å². The molecule has 0 spiro atoms. The van der Waals surface area contributed by atoms with Crippen molar-refractivity contribution in [2.24, 2.45) is 0 Å². The lowest BCUT2D eigenvalue weighted by Crippen LogP contribution is -2.29. The van der Waals surface area contributed by atoms with Crippen molar-refractivity contribution < 1.29 is 28.6 Å². The number of halogens is 1. The molecule has 1 N–H and O–H groups in total. The molecule has 3 aromatic carbocycles. The topological polar surface area (TPSA) is 89.2 Å². The van der Waals surface area contributed by atoms with Crippen molar-refractivity contribution in [3.05, 3.63) is 124 Å². The Bertz CT molecular complexity index is 1540. The Morgan fingerprint density at radius 3 is 2.54 bits per heavy atom. The van der Waals surface area contributed by atoms with Gasteiger partial charge in [-0.05, 0) is 60.0 Å². The number of rotatable bonds is 8. The summed E-state index contributed by atoms with van der Waals surface area (Å²) in [6, 6.07) is 22.7. The average Bonchev–Trinajstić information content (AvgIpc) is 3.54. The van der Waals surface area contributed by atoms with Gasteiger partial charge in [0.05, 0.1) is 42.1 Å². The van der Waals surface area contributed by atoms with Crippen molar-refractivity contribution in [2.45, 2.75) is 26.1 Å². The first kappa shape index (κ1) is 26.1. The second kappa shape index (κ2) is 11.1. The molecule has 39 heavy (non-hydrogen) atoms. The van der Waals surface area contributed by atoms with Crippen LogP contribution >= 0.6 is 11.6 Å². The Morgan fingerprint density at radius 2 is 1.82 bits per heavy atom. The van der Waals surface area contributed by atoms with Crippen molar-refractivity contribution in [3.8, 4) is 11.5 Å².